The van der Waals surface area contributed by atoms with Gasteiger partial charge in [-0.1, -0.05) is 51.4 Å². The molecule has 2 aromatic carbocycles. The number of aliphatic hydroxyl groups is 1. The van der Waals surface area contributed by atoms with Crippen molar-refractivity contribution in [2.24, 2.45) is 0 Å². The zero-order valence-corrected chi connectivity index (χ0v) is 21.2. The van der Waals surface area contributed by atoms with Crippen LogP contribution in [0.3, 0.4) is 0 Å². The van der Waals surface area contributed by atoms with E-state index in [9.17, 15) is 14.7 Å². The first-order chi connectivity index (χ1) is 16.2. The fourth-order valence-electron chi connectivity index (χ4n) is 4.38. The lowest BCUT2D eigenvalue weighted by Crippen LogP contribution is -2.38. The van der Waals surface area contributed by atoms with Gasteiger partial charge in [0.2, 0.25) is 0 Å². The highest BCUT2D eigenvalue weighted by Gasteiger charge is 2.46. The van der Waals surface area contributed by atoms with Gasteiger partial charge in [0.15, 0.2) is 0 Å². The second-order valence-corrected chi connectivity index (χ2v) is 9.12. The first-order valence-electron chi connectivity index (χ1n) is 11.7. The molecule has 0 radical (unpaired) electrons. The number of ether oxygens (including phenoxy) is 1. The number of amides is 1. The number of rotatable bonds is 9. The van der Waals surface area contributed by atoms with Crippen molar-refractivity contribution in [1.82, 2.24) is 9.80 Å². The van der Waals surface area contributed by atoms with Gasteiger partial charge in [0.25, 0.3) is 11.7 Å². The number of carbonyl (C=O) groups excluding carboxylic acids is 2. The zero-order valence-electron chi connectivity index (χ0n) is 20.5. The van der Waals surface area contributed by atoms with Crippen LogP contribution in [-0.4, -0.2) is 59.9 Å². The van der Waals surface area contributed by atoms with Crippen molar-refractivity contribution in [3.8, 4) is 5.75 Å². The molecule has 0 saturated carbocycles. The third-order valence-electron chi connectivity index (χ3n) is 6.40. The quantitative estimate of drug-likeness (QED) is 0.299. The fraction of sp³-hybridized carbons (Fsp3) is 0.407. The van der Waals surface area contributed by atoms with E-state index in [-0.39, 0.29) is 17.3 Å². The van der Waals surface area contributed by atoms with E-state index < -0.39 is 17.7 Å². The molecule has 1 saturated heterocycles. The first kappa shape index (κ1) is 25.8. The predicted octanol–water partition coefficient (Wildman–Crippen LogP) is 5.24. The summed E-state index contributed by atoms with van der Waals surface area (Å²) in [5.74, 6) is -0.620. The van der Waals surface area contributed by atoms with Crippen molar-refractivity contribution in [2.75, 3.05) is 33.3 Å². The minimum Gasteiger partial charge on any atom is -0.507 e. The van der Waals surface area contributed by atoms with Crippen LogP contribution in [0.5, 0.6) is 5.75 Å². The lowest BCUT2D eigenvalue weighted by atomic mass is 9.93. The van der Waals surface area contributed by atoms with Crippen molar-refractivity contribution in [2.45, 2.75) is 39.7 Å². The molecule has 1 aliphatic heterocycles. The van der Waals surface area contributed by atoms with E-state index in [0.717, 1.165) is 24.2 Å². The maximum absolute atomic E-state index is 13.2. The molecule has 2 aromatic rings. The molecule has 6 nitrogen and oxygen atoms in total. The van der Waals surface area contributed by atoms with Gasteiger partial charge in [-0.15, -0.1) is 0 Å². The Bertz CT molecular complexity index is 1070. The highest BCUT2D eigenvalue weighted by Crippen LogP contribution is 2.40. The Morgan fingerprint density at radius 1 is 1.12 bits per heavy atom. The van der Waals surface area contributed by atoms with Gasteiger partial charge < -0.3 is 19.6 Å². The molecule has 1 fully saturated rings. The van der Waals surface area contributed by atoms with Crippen molar-refractivity contribution in [3.05, 3.63) is 69.8 Å². The summed E-state index contributed by atoms with van der Waals surface area (Å²) >= 11 is 6.10. The van der Waals surface area contributed by atoms with Gasteiger partial charge in [-0.3, -0.25) is 9.59 Å². The number of aliphatic hydroxyl groups excluding tert-OH is 1. The number of carbonyl (C=O) groups is 2. The summed E-state index contributed by atoms with van der Waals surface area (Å²) in [6.45, 7) is 10.9. The van der Waals surface area contributed by atoms with Crippen LogP contribution in [0.2, 0.25) is 5.02 Å². The monoisotopic (exact) mass is 484 g/mol. The van der Waals surface area contributed by atoms with Gasteiger partial charge in [0, 0.05) is 23.7 Å². The Morgan fingerprint density at radius 3 is 2.32 bits per heavy atom. The molecule has 0 spiro atoms. The molecule has 0 aliphatic carbocycles. The summed E-state index contributed by atoms with van der Waals surface area (Å²) in [6, 6.07) is 11.7. The standard InChI is InChI=1S/C27H33ClN2O4/c1-6-29(7-2)14-15-30-24(18-8-11-20(28)12-9-18)23(26(32)27(30)33)25(31)19-10-13-22(34-5)21(16-19)17(3)4/h8-13,16-17,24,31H,6-7,14-15H2,1-5H3/b25-23-. The number of halogens is 1. The molecule has 3 rings (SSSR count). The number of Topliss-reactive ketones (excluding diaryl/α,β-unsaturated/α-hetero) is 1. The number of likely N-dealkylation sites (N-methyl/N-ethyl adjacent to an activating group) is 1. The molecule has 1 unspecified atom stereocenters. The SMILES string of the molecule is CCN(CC)CCN1C(=O)C(=O)/C(=C(\O)c2ccc(OC)c(C(C)C)c2)C1c1ccc(Cl)cc1. The van der Waals surface area contributed by atoms with Crippen LogP contribution < -0.4 is 4.74 Å². The fourth-order valence-corrected chi connectivity index (χ4v) is 4.51. The summed E-state index contributed by atoms with van der Waals surface area (Å²) < 4.78 is 5.46. The number of benzene rings is 2. The minimum absolute atomic E-state index is 0.0896. The van der Waals surface area contributed by atoms with Gasteiger partial charge in [0.05, 0.1) is 18.7 Å². The van der Waals surface area contributed by atoms with Crippen LogP contribution >= 0.6 is 11.6 Å². The summed E-state index contributed by atoms with van der Waals surface area (Å²) in [6.07, 6.45) is 0. The van der Waals surface area contributed by atoms with Crippen molar-refractivity contribution in [1.29, 1.82) is 0 Å². The van der Waals surface area contributed by atoms with Crippen molar-refractivity contribution in [3.63, 3.8) is 0 Å². The summed E-state index contributed by atoms with van der Waals surface area (Å²) in [7, 11) is 1.60. The molecule has 1 aliphatic rings. The summed E-state index contributed by atoms with van der Waals surface area (Å²) in [5, 5.41) is 11.9. The first-order valence-corrected chi connectivity index (χ1v) is 12.1. The molecule has 182 valence electrons. The molecule has 1 amide bonds. The molecular formula is C27H33ClN2O4. The Balaban J connectivity index is 2.14. The molecule has 1 N–H and O–H groups in total. The Hall–Kier alpha value is -2.83. The van der Waals surface area contributed by atoms with Gasteiger partial charge in [-0.05, 0) is 60.5 Å². The normalized spacial score (nSPS) is 17.8. The minimum atomic E-state index is -0.697. The smallest absolute Gasteiger partial charge is 0.295 e. The highest BCUT2D eigenvalue weighted by molar-refractivity contribution is 6.46. The average molecular weight is 485 g/mol. The Morgan fingerprint density at radius 2 is 1.76 bits per heavy atom. The third kappa shape index (κ3) is 5.13. The van der Waals surface area contributed by atoms with Gasteiger partial charge in [-0.25, -0.2) is 0 Å². The molecule has 34 heavy (non-hydrogen) atoms. The van der Waals surface area contributed by atoms with E-state index in [0.29, 0.717) is 29.4 Å². The number of hydrogen-bond acceptors (Lipinski definition) is 5. The number of ketones is 1. The van der Waals surface area contributed by atoms with Crippen LogP contribution in [-0.2, 0) is 9.59 Å². The van der Waals surface area contributed by atoms with Crippen LogP contribution in [0.4, 0.5) is 0 Å². The lowest BCUT2D eigenvalue weighted by molar-refractivity contribution is -0.140. The average Bonchev–Trinajstić information content (AvgIpc) is 3.09. The summed E-state index contributed by atoms with van der Waals surface area (Å²) in [4.78, 5) is 30.1. The van der Waals surface area contributed by atoms with Gasteiger partial charge >= 0.3 is 0 Å². The maximum Gasteiger partial charge on any atom is 0.295 e. The van der Waals surface area contributed by atoms with Crippen molar-refractivity contribution >= 4 is 29.1 Å². The van der Waals surface area contributed by atoms with Crippen LogP contribution in [0.15, 0.2) is 48.0 Å². The van der Waals surface area contributed by atoms with E-state index in [1.807, 2.05) is 19.9 Å². The maximum atomic E-state index is 13.2. The topological polar surface area (TPSA) is 70.1 Å². The number of nitrogens with zero attached hydrogens (tertiary/aromatic N) is 2. The third-order valence-corrected chi connectivity index (χ3v) is 6.65. The lowest BCUT2D eigenvalue weighted by Gasteiger charge is -2.28. The molecule has 0 aromatic heterocycles. The molecular weight excluding hydrogens is 452 g/mol. The molecule has 1 heterocycles. The van der Waals surface area contributed by atoms with Crippen LogP contribution in [0.1, 0.15) is 56.3 Å². The van der Waals surface area contributed by atoms with Crippen molar-refractivity contribution < 1.29 is 19.4 Å². The number of methoxy groups -OCH3 is 1. The Labute approximate surface area is 206 Å². The van der Waals surface area contributed by atoms with Crippen LogP contribution in [0, 0.1) is 0 Å². The Kier molecular flexibility index (Phi) is 8.39. The largest absolute Gasteiger partial charge is 0.507 e. The second-order valence-electron chi connectivity index (χ2n) is 8.68. The predicted molar refractivity (Wildman–Crippen MR) is 135 cm³/mol. The van der Waals surface area contributed by atoms with Gasteiger partial charge in [0.1, 0.15) is 11.5 Å². The molecule has 0 bridgehead atoms. The van der Waals surface area contributed by atoms with Gasteiger partial charge in [-0.2, -0.15) is 0 Å². The van der Waals surface area contributed by atoms with E-state index in [1.165, 1.54) is 0 Å². The van der Waals surface area contributed by atoms with E-state index in [4.69, 9.17) is 16.3 Å². The summed E-state index contributed by atoms with van der Waals surface area (Å²) in [5.41, 5.74) is 2.20. The second kappa shape index (κ2) is 11.1. The van der Waals surface area contributed by atoms with E-state index in [2.05, 4.69) is 18.7 Å². The number of hydrogen-bond donors (Lipinski definition) is 1. The van der Waals surface area contributed by atoms with E-state index in [1.54, 1.807) is 48.4 Å². The van der Waals surface area contributed by atoms with E-state index >= 15 is 0 Å². The molecule has 1 atom stereocenters. The highest BCUT2D eigenvalue weighted by atomic mass is 35.5. The zero-order chi connectivity index (χ0) is 25.0. The van der Waals surface area contributed by atoms with Crippen LogP contribution in [0.25, 0.3) is 5.76 Å². The number of likely N-dealkylation sites (tertiary alicyclic amines) is 1. The molecule has 7 heteroatoms.